The number of nitrogens with zero attached hydrogens (tertiary/aromatic N) is 1. The first-order chi connectivity index (χ1) is 7.07. The van der Waals surface area contributed by atoms with Gasteiger partial charge in [-0.25, -0.2) is 5.06 Å². The molecule has 88 valence electrons. The molecule has 0 fully saturated rings. The Morgan fingerprint density at radius 2 is 1.80 bits per heavy atom. The third-order valence-electron chi connectivity index (χ3n) is 2.20. The second kappa shape index (κ2) is 8.41. The van der Waals surface area contributed by atoms with Gasteiger partial charge in [-0.15, -0.1) is 0 Å². The van der Waals surface area contributed by atoms with Gasteiger partial charge in [-0.3, -0.25) is 10.0 Å². The van der Waals surface area contributed by atoms with E-state index in [1.165, 1.54) is 6.92 Å². The van der Waals surface area contributed by atoms with E-state index in [1.54, 1.807) is 0 Å². The molecule has 0 saturated heterocycles. The molecule has 15 heavy (non-hydrogen) atoms. The summed E-state index contributed by atoms with van der Waals surface area (Å²) in [7, 11) is 0. The van der Waals surface area contributed by atoms with Gasteiger partial charge >= 0.3 is 0 Å². The molecule has 0 rings (SSSR count). The first kappa shape index (κ1) is 14.1. The summed E-state index contributed by atoms with van der Waals surface area (Å²) in [4.78, 5) is 21.9. The van der Waals surface area contributed by atoms with Crippen molar-refractivity contribution in [1.29, 1.82) is 0 Å². The zero-order valence-corrected chi connectivity index (χ0v) is 9.66. The van der Waals surface area contributed by atoms with E-state index in [-0.39, 0.29) is 24.5 Å². The predicted molar refractivity (Wildman–Crippen MR) is 57.6 cm³/mol. The van der Waals surface area contributed by atoms with Crippen molar-refractivity contribution in [2.24, 2.45) is 0 Å². The van der Waals surface area contributed by atoms with Crippen molar-refractivity contribution in [3.63, 3.8) is 0 Å². The average Bonchev–Trinajstić information content (AvgIpc) is 2.20. The van der Waals surface area contributed by atoms with Crippen molar-refractivity contribution >= 4 is 11.7 Å². The van der Waals surface area contributed by atoms with Crippen molar-refractivity contribution in [1.82, 2.24) is 5.06 Å². The highest BCUT2D eigenvalue weighted by Crippen LogP contribution is 2.02. The lowest BCUT2D eigenvalue weighted by molar-refractivity contribution is -0.166. The number of carbonyl (C=O) groups excluding carboxylic acids is 2. The summed E-state index contributed by atoms with van der Waals surface area (Å²) in [6.45, 7) is 3.92. The zero-order chi connectivity index (χ0) is 11.7. The van der Waals surface area contributed by atoms with Crippen LogP contribution in [-0.4, -0.2) is 28.5 Å². The summed E-state index contributed by atoms with van der Waals surface area (Å²) in [6, 6.07) is 0. The van der Waals surface area contributed by atoms with Crippen LogP contribution in [0.25, 0.3) is 0 Å². The Hall–Kier alpha value is -0.900. The Morgan fingerprint density at radius 3 is 2.33 bits per heavy atom. The Balaban J connectivity index is 3.55. The molecule has 0 saturated carbocycles. The van der Waals surface area contributed by atoms with Gasteiger partial charge in [0.15, 0.2) is 0 Å². The minimum absolute atomic E-state index is 0.0252. The fourth-order valence-corrected chi connectivity index (χ4v) is 1.23. The minimum Gasteiger partial charge on any atom is -0.300 e. The maximum Gasteiger partial charge on any atom is 0.246 e. The van der Waals surface area contributed by atoms with Crippen LogP contribution in [0.4, 0.5) is 0 Å². The molecule has 0 aromatic heterocycles. The van der Waals surface area contributed by atoms with E-state index < -0.39 is 0 Å². The van der Waals surface area contributed by atoms with Crippen molar-refractivity contribution in [2.75, 3.05) is 6.54 Å². The van der Waals surface area contributed by atoms with E-state index in [9.17, 15) is 14.8 Å². The molecule has 0 unspecified atom stereocenters. The lowest BCUT2D eigenvalue weighted by Crippen LogP contribution is -2.28. The molecule has 4 nitrogen and oxygen atoms in total. The van der Waals surface area contributed by atoms with Gasteiger partial charge in [-0.1, -0.05) is 26.2 Å². The molecule has 1 amide bonds. The van der Waals surface area contributed by atoms with Crippen LogP contribution in [0, 0.1) is 0 Å². The topological polar surface area (TPSA) is 57.6 Å². The Kier molecular flexibility index (Phi) is 7.91. The smallest absolute Gasteiger partial charge is 0.246 e. The lowest BCUT2D eigenvalue weighted by atomic mass is 10.2. The minimum atomic E-state index is -0.360. The van der Waals surface area contributed by atoms with E-state index >= 15 is 0 Å². The van der Waals surface area contributed by atoms with Crippen molar-refractivity contribution < 1.29 is 14.8 Å². The Bertz CT molecular complexity index is 204. The van der Waals surface area contributed by atoms with E-state index in [1.807, 2.05) is 0 Å². The molecule has 0 bridgehead atoms. The summed E-state index contributed by atoms with van der Waals surface area (Å²) in [6.07, 6.45) is 4.41. The molecule has 0 aliphatic heterocycles. The molecular weight excluding hydrogens is 194 g/mol. The SMILES string of the molecule is CCCCCCN(O)C(=O)CCC(C)=O. The standard InChI is InChI=1S/C11H21NO3/c1-3-4-5-6-9-12(15)11(14)8-7-10(2)13/h15H,3-9H2,1-2H3. The number of amides is 1. The molecule has 0 radical (unpaired) electrons. The van der Waals surface area contributed by atoms with Gasteiger partial charge in [-0.05, 0) is 13.3 Å². The quantitative estimate of drug-likeness (QED) is 0.383. The molecule has 0 aromatic rings. The number of unbranched alkanes of at least 4 members (excludes halogenated alkanes) is 3. The molecule has 0 heterocycles. The fraction of sp³-hybridized carbons (Fsp3) is 0.818. The van der Waals surface area contributed by atoms with Gasteiger partial charge in [-0.2, -0.15) is 0 Å². The lowest BCUT2D eigenvalue weighted by Gasteiger charge is -2.14. The van der Waals surface area contributed by atoms with E-state index in [0.717, 1.165) is 30.7 Å². The molecule has 0 aliphatic carbocycles. The highest BCUT2D eigenvalue weighted by Gasteiger charge is 2.10. The number of Topliss-reactive ketones (excluding diaryl/α,β-unsaturated/α-hetero) is 1. The molecule has 4 heteroatoms. The van der Waals surface area contributed by atoms with Crippen LogP contribution in [-0.2, 0) is 9.59 Å². The normalized spacial score (nSPS) is 10.1. The van der Waals surface area contributed by atoms with Crippen LogP contribution in [0.3, 0.4) is 0 Å². The fourth-order valence-electron chi connectivity index (χ4n) is 1.23. The number of hydrogen-bond donors (Lipinski definition) is 1. The number of ketones is 1. The van der Waals surface area contributed by atoms with E-state index in [2.05, 4.69) is 6.92 Å². The van der Waals surface area contributed by atoms with E-state index in [0.29, 0.717) is 6.54 Å². The number of rotatable bonds is 8. The van der Waals surface area contributed by atoms with Gasteiger partial charge < -0.3 is 4.79 Å². The van der Waals surface area contributed by atoms with Gasteiger partial charge in [0.1, 0.15) is 5.78 Å². The number of carbonyl (C=O) groups is 2. The first-order valence-corrected chi connectivity index (χ1v) is 5.56. The van der Waals surface area contributed by atoms with Gasteiger partial charge in [0, 0.05) is 19.4 Å². The van der Waals surface area contributed by atoms with Crippen molar-refractivity contribution in [3.05, 3.63) is 0 Å². The second-order valence-corrected chi connectivity index (χ2v) is 3.78. The number of hydrogen-bond acceptors (Lipinski definition) is 3. The molecule has 0 aliphatic rings. The van der Waals surface area contributed by atoms with Gasteiger partial charge in [0.05, 0.1) is 0 Å². The first-order valence-electron chi connectivity index (χ1n) is 5.56. The maximum atomic E-state index is 11.2. The van der Waals surface area contributed by atoms with Crippen LogP contribution in [0.5, 0.6) is 0 Å². The van der Waals surface area contributed by atoms with Crippen LogP contribution in [0.15, 0.2) is 0 Å². The van der Waals surface area contributed by atoms with Crippen molar-refractivity contribution in [3.8, 4) is 0 Å². The summed E-state index contributed by atoms with van der Waals surface area (Å²) >= 11 is 0. The zero-order valence-electron chi connectivity index (χ0n) is 9.66. The maximum absolute atomic E-state index is 11.2. The molecule has 0 spiro atoms. The molecule has 0 atom stereocenters. The van der Waals surface area contributed by atoms with Crippen LogP contribution in [0.1, 0.15) is 52.4 Å². The third kappa shape index (κ3) is 8.12. The number of hydroxylamine groups is 2. The summed E-state index contributed by atoms with van der Waals surface area (Å²) < 4.78 is 0. The predicted octanol–water partition coefficient (Wildman–Crippen LogP) is 2.15. The third-order valence-corrected chi connectivity index (χ3v) is 2.20. The average molecular weight is 215 g/mol. The van der Waals surface area contributed by atoms with Crippen molar-refractivity contribution in [2.45, 2.75) is 52.4 Å². The van der Waals surface area contributed by atoms with Crippen LogP contribution >= 0.6 is 0 Å². The van der Waals surface area contributed by atoms with Gasteiger partial charge in [0.2, 0.25) is 5.91 Å². The van der Waals surface area contributed by atoms with Crippen LogP contribution in [0.2, 0.25) is 0 Å². The highest BCUT2D eigenvalue weighted by molar-refractivity contribution is 5.82. The Labute approximate surface area is 91.2 Å². The summed E-state index contributed by atoms with van der Waals surface area (Å²) in [5.41, 5.74) is 0. The Morgan fingerprint density at radius 1 is 1.13 bits per heavy atom. The second-order valence-electron chi connectivity index (χ2n) is 3.78. The summed E-state index contributed by atoms with van der Waals surface area (Å²) in [5, 5.41) is 10.0. The molecular formula is C11H21NO3. The molecule has 0 aromatic carbocycles. The van der Waals surface area contributed by atoms with E-state index in [4.69, 9.17) is 0 Å². The highest BCUT2D eigenvalue weighted by atomic mass is 16.5. The molecule has 1 N–H and O–H groups in total. The largest absolute Gasteiger partial charge is 0.300 e. The van der Waals surface area contributed by atoms with Gasteiger partial charge in [0.25, 0.3) is 0 Å². The van der Waals surface area contributed by atoms with Crippen LogP contribution < -0.4 is 0 Å². The monoisotopic (exact) mass is 215 g/mol. The summed E-state index contributed by atoms with van der Waals surface area (Å²) in [5.74, 6) is -0.385.